The third kappa shape index (κ3) is 3.58. The molecule has 0 amide bonds. The second-order valence-corrected chi connectivity index (χ2v) is 6.82. The van der Waals surface area contributed by atoms with Crippen molar-refractivity contribution in [2.24, 2.45) is 0 Å². The maximum atomic E-state index is 12.3. The van der Waals surface area contributed by atoms with Crippen molar-refractivity contribution in [1.29, 1.82) is 0 Å². The quantitative estimate of drug-likeness (QED) is 0.829. The van der Waals surface area contributed by atoms with Gasteiger partial charge in [-0.25, -0.2) is 13.1 Å². The highest BCUT2D eigenvalue weighted by molar-refractivity contribution is 7.89. The Kier molecular flexibility index (Phi) is 5.15. The topological polar surface area (TPSA) is 67.4 Å². The van der Waals surface area contributed by atoms with Gasteiger partial charge in [0.05, 0.1) is 11.0 Å². The highest BCUT2D eigenvalue weighted by atomic mass is 32.2. The number of hydrogen-bond donors (Lipinski definition) is 2. The lowest BCUT2D eigenvalue weighted by atomic mass is 10.2. The van der Waals surface area contributed by atoms with Gasteiger partial charge in [-0.1, -0.05) is 12.1 Å². The standard InChI is InChI=1S/C14H22N2O3S/c1-15-10-11-6-8-12(9-7-11)20(17,18)16-13-4-3-5-14(13)19-2/h6-9,13-16H,3-5,10H2,1-2H3. The van der Waals surface area contributed by atoms with Crippen molar-refractivity contribution in [2.75, 3.05) is 14.2 Å². The van der Waals surface area contributed by atoms with Gasteiger partial charge in [0.2, 0.25) is 10.0 Å². The van der Waals surface area contributed by atoms with Crippen molar-refractivity contribution in [2.45, 2.75) is 42.8 Å². The van der Waals surface area contributed by atoms with E-state index in [1.165, 1.54) is 0 Å². The zero-order chi connectivity index (χ0) is 14.6. The molecule has 6 heteroatoms. The van der Waals surface area contributed by atoms with Crippen LogP contribution < -0.4 is 10.0 Å². The molecule has 0 radical (unpaired) electrons. The molecular weight excluding hydrogens is 276 g/mol. The predicted octanol–water partition coefficient (Wildman–Crippen LogP) is 1.25. The molecule has 2 atom stereocenters. The van der Waals surface area contributed by atoms with Crippen LogP contribution in [0.4, 0.5) is 0 Å². The summed E-state index contributed by atoms with van der Waals surface area (Å²) in [5, 5.41) is 3.03. The fourth-order valence-corrected chi connectivity index (χ4v) is 3.90. The smallest absolute Gasteiger partial charge is 0.240 e. The summed E-state index contributed by atoms with van der Waals surface area (Å²) in [6.07, 6.45) is 2.71. The zero-order valence-electron chi connectivity index (χ0n) is 11.9. The molecule has 20 heavy (non-hydrogen) atoms. The Morgan fingerprint density at radius 1 is 1.25 bits per heavy atom. The molecule has 0 spiro atoms. The number of sulfonamides is 1. The van der Waals surface area contributed by atoms with Crippen LogP contribution in [-0.2, 0) is 21.3 Å². The van der Waals surface area contributed by atoms with Gasteiger partial charge in [-0.15, -0.1) is 0 Å². The first kappa shape index (κ1) is 15.4. The van der Waals surface area contributed by atoms with Gasteiger partial charge in [0.1, 0.15) is 0 Å². The van der Waals surface area contributed by atoms with E-state index in [-0.39, 0.29) is 12.1 Å². The Morgan fingerprint density at radius 2 is 1.95 bits per heavy atom. The first-order chi connectivity index (χ1) is 9.56. The highest BCUT2D eigenvalue weighted by Crippen LogP contribution is 2.23. The van der Waals surface area contributed by atoms with Crippen molar-refractivity contribution < 1.29 is 13.2 Å². The summed E-state index contributed by atoms with van der Waals surface area (Å²) in [6.45, 7) is 0.724. The van der Waals surface area contributed by atoms with E-state index in [1.807, 2.05) is 19.2 Å². The van der Waals surface area contributed by atoms with Crippen LogP contribution in [-0.4, -0.2) is 34.7 Å². The summed E-state index contributed by atoms with van der Waals surface area (Å²) in [5.41, 5.74) is 1.06. The molecular formula is C14H22N2O3S. The molecule has 1 saturated carbocycles. The van der Waals surface area contributed by atoms with Crippen molar-refractivity contribution in [1.82, 2.24) is 10.0 Å². The number of methoxy groups -OCH3 is 1. The van der Waals surface area contributed by atoms with Crippen LogP contribution in [0.1, 0.15) is 24.8 Å². The number of nitrogens with one attached hydrogen (secondary N) is 2. The molecule has 1 aromatic carbocycles. The molecule has 0 aliphatic heterocycles. The summed E-state index contributed by atoms with van der Waals surface area (Å²) in [6, 6.07) is 6.82. The molecule has 0 bridgehead atoms. The molecule has 0 aromatic heterocycles. The molecule has 1 aromatic rings. The molecule has 2 N–H and O–H groups in total. The lowest BCUT2D eigenvalue weighted by molar-refractivity contribution is 0.0916. The fraction of sp³-hybridized carbons (Fsp3) is 0.571. The highest BCUT2D eigenvalue weighted by Gasteiger charge is 2.31. The molecule has 0 saturated heterocycles. The summed E-state index contributed by atoms with van der Waals surface area (Å²) >= 11 is 0. The Morgan fingerprint density at radius 3 is 2.55 bits per heavy atom. The molecule has 2 rings (SSSR count). The van der Waals surface area contributed by atoms with Crippen molar-refractivity contribution >= 4 is 10.0 Å². The van der Waals surface area contributed by atoms with Crippen LogP contribution in [0.15, 0.2) is 29.2 Å². The lowest BCUT2D eigenvalue weighted by Crippen LogP contribution is -2.40. The maximum Gasteiger partial charge on any atom is 0.240 e. The Balaban J connectivity index is 2.09. The summed E-state index contributed by atoms with van der Waals surface area (Å²) in [7, 11) is 0.0183. The number of hydrogen-bond acceptors (Lipinski definition) is 4. The van der Waals surface area contributed by atoms with Gasteiger partial charge in [-0.05, 0) is 44.0 Å². The van der Waals surface area contributed by atoms with E-state index in [0.717, 1.165) is 31.4 Å². The molecule has 1 fully saturated rings. The van der Waals surface area contributed by atoms with E-state index < -0.39 is 10.0 Å². The monoisotopic (exact) mass is 298 g/mol. The van der Waals surface area contributed by atoms with E-state index in [4.69, 9.17) is 4.74 Å². The van der Waals surface area contributed by atoms with Crippen LogP contribution in [0.25, 0.3) is 0 Å². The molecule has 1 aliphatic carbocycles. The van der Waals surface area contributed by atoms with Crippen LogP contribution in [0.3, 0.4) is 0 Å². The van der Waals surface area contributed by atoms with E-state index in [2.05, 4.69) is 10.0 Å². The minimum Gasteiger partial charge on any atom is -0.380 e. The minimum atomic E-state index is -3.47. The normalized spacial score (nSPS) is 23.1. The predicted molar refractivity (Wildman–Crippen MR) is 78.0 cm³/mol. The van der Waals surface area contributed by atoms with E-state index in [9.17, 15) is 8.42 Å². The minimum absolute atomic E-state index is 0.0201. The third-order valence-corrected chi connectivity index (χ3v) is 5.18. The van der Waals surface area contributed by atoms with Crippen LogP contribution in [0, 0.1) is 0 Å². The van der Waals surface area contributed by atoms with E-state index in [1.54, 1.807) is 19.2 Å². The average Bonchev–Trinajstić information content (AvgIpc) is 2.86. The number of rotatable bonds is 6. The van der Waals surface area contributed by atoms with E-state index >= 15 is 0 Å². The molecule has 0 heterocycles. The van der Waals surface area contributed by atoms with Gasteiger partial charge in [0.25, 0.3) is 0 Å². The SMILES string of the molecule is CNCc1ccc(S(=O)(=O)NC2CCCC2OC)cc1. The van der Waals surface area contributed by atoms with Crippen LogP contribution in [0.5, 0.6) is 0 Å². The summed E-state index contributed by atoms with van der Waals surface area (Å²) in [4.78, 5) is 0.305. The second-order valence-electron chi connectivity index (χ2n) is 5.11. The van der Waals surface area contributed by atoms with Gasteiger partial charge in [-0.3, -0.25) is 0 Å². The lowest BCUT2D eigenvalue weighted by Gasteiger charge is -2.19. The van der Waals surface area contributed by atoms with E-state index in [0.29, 0.717) is 4.90 Å². The maximum absolute atomic E-state index is 12.3. The number of benzene rings is 1. The fourth-order valence-electron chi connectivity index (χ4n) is 2.60. The molecule has 1 aliphatic rings. The van der Waals surface area contributed by atoms with Crippen molar-refractivity contribution in [3.63, 3.8) is 0 Å². The zero-order valence-corrected chi connectivity index (χ0v) is 12.7. The molecule has 2 unspecified atom stereocenters. The number of ether oxygens (including phenoxy) is 1. The Labute approximate surface area is 120 Å². The van der Waals surface area contributed by atoms with Crippen LogP contribution >= 0.6 is 0 Å². The first-order valence-electron chi connectivity index (χ1n) is 6.85. The average molecular weight is 298 g/mol. The first-order valence-corrected chi connectivity index (χ1v) is 8.34. The van der Waals surface area contributed by atoms with Gasteiger partial charge in [-0.2, -0.15) is 0 Å². The van der Waals surface area contributed by atoms with Gasteiger partial charge >= 0.3 is 0 Å². The van der Waals surface area contributed by atoms with Crippen molar-refractivity contribution in [3.05, 3.63) is 29.8 Å². The molecule has 5 nitrogen and oxygen atoms in total. The summed E-state index contributed by atoms with van der Waals surface area (Å²) < 4.78 is 32.7. The Hall–Kier alpha value is -0.950. The summed E-state index contributed by atoms with van der Waals surface area (Å²) in [5.74, 6) is 0. The molecule has 112 valence electrons. The second kappa shape index (κ2) is 6.67. The Bertz CT molecular complexity index is 528. The van der Waals surface area contributed by atoms with Gasteiger partial charge in [0, 0.05) is 19.7 Å². The van der Waals surface area contributed by atoms with Crippen molar-refractivity contribution in [3.8, 4) is 0 Å². The van der Waals surface area contributed by atoms with Gasteiger partial charge in [0.15, 0.2) is 0 Å². The third-order valence-electron chi connectivity index (χ3n) is 3.68. The van der Waals surface area contributed by atoms with Gasteiger partial charge < -0.3 is 10.1 Å². The largest absolute Gasteiger partial charge is 0.380 e. The van der Waals surface area contributed by atoms with Crippen LogP contribution in [0.2, 0.25) is 0 Å².